The molecule has 0 unspecified atom stereocenters. The minimum Gasteiger partial charge on any atom is -0.503 e. The zero-order valence-corrected chi connectivity index (χ0v) is 16.1. The molecular formula is C22H17ClN2O3. The number of amides is 1. The number of halogens is 1. The van der Waals surface area contributed by atoms with E-state index >= 15 is 0 Å². The summed E-state index contributed by atoms with van der Waals surface area (Å²) in [4.78, 5) is 13.0. The van der Waals surface area contributed by atoms with Crippen molar-refractivity contribution in [3.63, 3.8) is 0 Å². The van der Waals surface area contributed by atoms with Gasteiger partial charge in [-0.25, -0.2) is 0 Å². The summed E-state index contributed by atoms with van der Waals surface area (Å²) in [6.45, 7) is 1.78. The molecule has 0 spiro atoms. The first kappa shape index (κ1) is 18.1. The van der Waals surface area contributed by atoms with Crippen LogP contribution in [0.25, 0.3) is 16.8 Å². The van der Waals surface area contributed by atoms with Crippen LogP contribution in [0.15, 0.2) is 65.3 Å². The molecule has 6 heteroatoms. The summed E-state index contributed by atoms with van der Waals surface area (Å²) < 4.78 is 5.13. The third-order valence-corrected chi connectivity index (χ3v) is 4.91. The summed E-state index contributed by atoms with van der Waals surface area (Å²) in [5.74, 6) is -0.117. The molecule has 0 aromatic heterocycles. The summed E-state index contributed by atoms with van der Waals surface area (Å²) in [7, 11) is 1.44. The first-order valence-electron chi connectivity index (χ1n) is 8.65. The minimum atomic E-state index is -0.226. The van der Waals surface area contributed by atoms with Crippen LogP contribution in [0.3, 0.4) is 0 Å². The smallest absolute Gasteiger partial charge is 0.280 e. The summed E-state index contributed by atoms with van der Waals surface area (Å²) in [5.41, 5.74) is 2.39. The van der Waals surface area contributed by atoms with E-state index in [2.05, 4.69) is 5.10 Å². The number of benzene rings is 3. The van der Waals surface area contributed by atoms with E-state index < -0.39 is 0 Å². The maximum atomic E-state index is 13.0. The van der Waals surface area contributed by atoms with Gasteiger partial charge in [0, 0.05) is 0 Å². The number of hydrogen-bond acceptors (Lipinski definition) is 4. The van der Waals surface area contributed by atoms with Crippen LogP contribution in [0.5, 0.6) is 11.5 Å². The van der Waals surface area contributed by atoms with E-state index in [4.69, 9.17) is 16.3 Å². The van der Waals surface area contributed by atoms with Crippen LogP contribution >= 0.6 is 11.6 Å². The molecule has 3 aromatic rings. The predicted octanol–water partition coefficient (Wildman–Crippen LogP) is 5.01. The molecule has 0 saturated heterocycles. The van der Waals surface area contributed by atoms with Gasteiger partial charge in [-0.1, -0.05) is 41.9 Å². The molecular weight excluding hydrogens is 376 g/mol. The Morgan fingerprint density at radius 2 is 1.86 bits per heavy atom. The average Bonchev–Trinajstić information content (AvgIpc) is 2.98. The number of rotatable bonds is 3. The summed E-state index contributed by atoms with van der Waals surface area (Å²) in [6, 6.07) is 16.9. The van der Waals surface area contributed by atoms with Crippen LogP contribution in [0.4, 0.5) is 5.69 Å². The van der Waals surface area contributed by atoms with Crippen LogP contribution in [0, 0.1) is 0 Å². The van der Waals surface area contributed by atoms with Crippen molar-refractivity contribution < 1.29 is 14.6 Å². The van der Waals surface area contributed by atoms with Gasteiger partial charge >= 0.3 is 0 Å². The van der Waals surface area contributed by atoms with Gasteiger partial charge in [-0.05, 0) is 53.6 Å². The highest BCUT2D eigenvalue weighted by molar-refractivity contribution is 6.33. The summed E-state index contributed by atoms with van der Waals surface area (Å²) in [6.07, 6.45) is 1.69. The van der Waals surface area contributed by atoms with Crippen LogP contribution in [0.1, 0.15) is 12.5 Å². The summed E-state index contributed by atoms with van der Waals surface area (Å²) in [5, 5.41) is 18.0. The molecule has 4 rings (SSSR count). The Morgan fingerprint density at radius 1 is 1.11 bits per heavy atom. The van der Waals surface area contributed by atoms with Gasteiger partial charge in [0.1, 0.15) is 0 Å². The molecule has 3 aromatic carbocycles. The van der Waals surface area contributed by atoms with Crippen molar-refractivity contribution in [1.29, 1.82) is 0 Å². The molecule has 0 radical (unpaired) electrons. The maximum Gasteiger partial charge on any atom is 0.280 e. The molecule has 5 nitrogen and oxygen atoms in total. The van der Waals surface area contributed by atoms with Gasteiger partial charge in [-0.3, -0.25) is 4.79 Å². The molecule has 28 heavy (non-hydrogen) atoms. The number of phenolic OH excluding ortho intramolecular Hbond substituents is 1. The van der Waals surface area contributed by atoms with Crippen molar-refractivity contribution in [3.05, 3.63) is 70.8 Å². The Bertz CT molecular complexity index is 1170. The zero-order valence-electron chi connectivity index (χ0n) is 15.3. The lowest BCUT2D eigenvalue weighted by atomic mass is 10.1. The fourth-order valence-electron chi connectivity index (χ4n) is 3.17. The van der Waals surface area contributed by atoms with Crippen molar-refractivity contribution in [2.45, 2.75) is 6.92 Å². The lowest BCUT2D eigenvalue weighted by molar-refractivity contribution is -0.114. The van der Waals surface area contributed by atoms with Gasteiger partial charge in [0.2, 0.25) is 0 Å². The molecule has 1 heterocycles. The standard InChI is InChI=1S/C22H17ClN2O3/c1-13-18(9-14-10-19(23)21(26)20(11-14)28-2)22(27)25(24-13)17-8-7-15-5-3-4-6-16(15)12-17/h3-12,26H,1-2H3. The third-order valence-electron chi connectivity index (χ3n) is 4.62. The average molecular weight is 393 g/mol. The number of ether oxygens (including phenoxy) is 1. The zero-order chi connectivity index (χ0) is 19.8. The van der Waals surface area contributed by atoms with Crippen LogP contribution in [-0.2, 0) is 4.79 Å². The van der Waals surface area contributed by atoms with E-state index in [1.807, 2.05) is 42.5 Å². The number of aromatic hydroxyl groups is 1. The predicted molar refractivity (Wildman–Crippen MR) is 112 cm³/mol. The quantitative estimate of drug-likeness (QED) is 0.637. The number of carbonyl (C=O) groups is 1. The van der Waals surface area contributed by atoms with Crippen molar-refractivity contribution >= 4 is 45.8 Å². The van der Waals surface area contributed by atoms with E-state index in [1.165, 1.54) is 12.1 Å². The Morgan fingerprint density at radius 3 is 2.61 bits per heavy atom. The largest absolute Gasteiger partial charge is 0.503 e. The Hall–Kier alpha value is -3.31. The number of hydrogen-bond donors (Lipinski definition) is 1. The number of methoxy groups -OCH3 is 1. The first-order valence-corrected chi connectivity index (χ1v) is 9.03. The molecule has 140 valence electrons. The number of phenols is 1. The Balaban J connectivity index is 1.71. The highest BCUT2D eigenvalue weighted by Gasteiger charge is 2.29. The maximum absolute atomic E-state index is 13.0. The topological polar surface area (TPSA) is 62.1 Å². The van der Waals surface area contributed by atoms with Gasteiger partial charge in [0.25, 0.3) is 5.91 Å². The van der Waals surface area contributed by atoms with Crippen LogP contribution in [0.2, 0.25) is 5.02 Å². The summed E-state index contributed by atoms with van der Waals surface area (Å²) >= 11 is 6.05. The number of anilines is 1. The third kappa shape index (κ3) is 3.10. The van der Waals surface area contributed by atoms with E-state index in [-0.39, 0.29) is 22.4 Å². The van der Waals surface area contributed by atoms with E-state index in [0.29, 0.717) is 22.5 Å². The molecule has 1 N–H and O–H groups in total. The lowest BCUT2D eigenvalue weighted by Crippen LogP contribution is -2.21. The van der Waals surface area contributed by atoms with Crippen LogP contribution in [-0.4, -0.2) is 23.8 Å². The van der Waals surface area contributed by atoms with Crippen LogP contribution < -0.4 is 9.75 Å². The minimum absolute atomic E-state index is 0.132. The van der Waals surface area contributed by atoms with Gasteiger partial charge in [0.15, 0.2) is 11.5 Å². The van der Waals surface area contributed by atoms with E-state index in [1.54, 1.807) is 25.1 Å². The van der Waals surface area contributed by atoms with E-state index in [9.17, 15) is 9.90 Å². The van der Waals surface area contributed by atoms with Gasteiger partial charge < -0.3 is 9.84 Å². The fraction of sp³-hybridized carbons (Fsp3) is 0.0909. The molecule has 0 fully saturated rings. The second-order valence-corrected chi connectivity index (χ2v) is 6.85. The van der Waals surface area contributed by atoms with Gasteiger partial charge in [-0.2, -0.15) is 10.1 Å². The normalized spacial score (nSPS) is 15.4. The van der Waals surface area contributed by atoms with Crippen molar-refractivity contribution in [1.82, 2.24) is 0 Å². The molecule has 0 atom stereocenters. The highest BCUT2D eigenvalue weighted by Crippen LogP contribution is 2.36. The number of fused-ring (bicyclic) bond motifs is 1. The molecule has 1 aliphatic rings. The number of carbonyl (C=O) groups excluding carboxylic acids is 1. The molecule has 1 amide bonds. The first-order chi connectivity index (χ1) is 13.5. The van der Waals surface area contributed by atoms with E-state index in [0.717, 1.165) is 10.8 Å². The molecule has 1 aliphatic heterocycles. The number of hydrazone groups is 1. The van der Waals surface area contributed by atoms with Gasteiger partial charge in [-0.15, -0.1) is 0 Å². The molecule has 0 saturated carbocycles. The SMILES string of the molecule is COc1cc(C=C2C(=O)N(c3ccc4ccccc4c3)N=C2C)cc(Cl)c1O. The van der Waals surface area contributed by atoms with Crippen molar-refractivity contribution in [2.24, 2.45) is 5.10 Å². The van der Waals surface area contributed by atoms with Crippen molar-refractivity contribution in [2.75, 3.05) is 12.1 Å². The number of nitrogens with zero attached hydrogens (tertiary/aromatic N) is 2. The molecule has 0 bridgehead atoms. The highest BCUT2D eigenvalue weighted by atomic mass is 35.5. The fourth-order valence-corrected chi connectivity index (χ4v) is 3.39. The Kier molecular flexibility index (Phi) is 4.53. The van der Waals surface area contributed by atoms with Gasteiger partial charge in [0.05, 0.1) is 29.1 Å². The molecule has 0 aliphatic carbocycles. The second-order valence-electron chi connectivity index (χ2n) is 6.45. The second kappa shape index (κ2) is 7.02. The lowest BCUT2D eigenvalue weighted by Gasteiger charge is -2.12. The van der Waals surface area contributed by atoms with Crippen molar-refractivity contribution in [3.8, 4) is 11.5 Å². The monoisotopic (exact) mass is 392 g/mol. The Labute approximate surface area is 167 Å².